The van der Waals surface area contributed by atoms with E-state index in [0.717, 1.165) is 49.5 Å². The molecule has 2 aliphatic rings. The quantitative estimate of drug-likeness (QED) is 0.361. The van der Waals surface area contributed by atoms with E-state index in [1.807, 2.05) is 42.5 Å². The van der Waals surface area contributed by atoms with Gasteiger partial charge in [0.2, 0.25) is 17.7 Å². The summed E-state index contributed by atoms with van der Waals surface area (Å²) in [6, 6.07) is 22.5. The molecule has 11 nitrogen and oxygen atoms in total. The molecule has 3 aromatic rings. The molecule has 1 fully saturated rings. The second-order valence-corrected chi connectivity index (χ2v) is 11.9. The van der Waals surface area contributed by atoms with E-state index in [-0.39, 0.29) is 49.9 Å². The van der Waals surface area contributed by atoms with Crippen LogP contribution in [-0.2, 0) is 38.6 Å². The van der Waals surface area contributed by atoms with Gasteiger partial charge in [-0.05, 0) is 35.2 Å². The van der Waals surface area contributed by atoms with Gasteiger partial charge in [-0.3, -0.25) is 24.1 Å². The lowest BCUT2D eigenvalue weighted by Crippen LogP contribution is -2.50. The van der Waals surface area contributed by atoms with Gasteiger partial charge in [-0.25, -0.2) is 0 Å². The maximum atomic E-state index is 13.6. The number of ether oxygens (including phenoxy) is 2. The zero-order chi connectivity index (χ0) is 33.0. The van der Waals surface area contributed by atoms with Crippen molar-refractivity contribution in [3.8, 4) is 5.75 Å². The van der Waals surface area contributed by atoms with Gasteiger partial charge >= 0.3 is 0 Å². The molecule has 0 saturated carbocycles. The molecule has 3 N–H and O–H groups in total. The first-order valence-electron chi connectivity index (χ1n) is 16.1. The molecule has 0 radical (unpaired) electrons. The van der Waals surface area contributed by atoms with Crippen LogP contribution in [0.25, 0.3) is 0 Å². The second kappa shape index (κ2) is 16.7. The van der Waals surface area contributed by atoms with Crippen molar-refractivity contribution in [2.24, 2.45) is 0 Å². The highest BCUT2D eigenvalue weighted by Crippen LogP contribution is 2.19. The van der Waals surface area contributed by atoms with E-state index in [9.17, 15) is 19.2 Å². The lowest BCUT2D eigenvalue weighted by molar-refractivity contribution is -0.135. The molecule has 1 saturated heterocycles. The first-order valence-corrected chi connectivity index (χ1v) is 16.1. The van der Waals surface area contributed by atoms with E-state index in [0.29, 0.717) is 12.2 Å². The van der Waals surface area contributed by atoms with Crippen molar-refractivity contribution in [2.75, 3.05) is 46.5 Å². The molecule has 0 bridgehead atoms. The van der Waals surface area contributed by atoms with E-state index in [2.05, 4.69) is 33.0 Å². The Hall–Kier alpha value is -4.74. The maximum Gasteiger partial charge on any atom is 0.255 e. The van der Waals surface area contributed by atoms with Crippen LogP contribution in [0.3, 0.4) is 0 Å². The Morgan fingerprint density at radius 2 is 1.57 bits per heavy atom. The average Bonchev–Trinajstić information content (AvgIpc) is 3.09. The standard InChI is InChI=1S/C36H43N5O6/c1-40-16-21-47-32-13-6-5-12-29(32)34(43)39-30(14-15-33(42)38-31(36(40)45)23-26-8-3-2-4-9-26)35(44)37-24-27-10-7-11-28(22-27)25-41-17-19-46-20-18-41/h2-13,22,30-31H,14-21,23-25H2,1H3,(H,37,44)(H,38,42)(H,39,43)/t30-,31-/m0/s1. The van der Waals surface area contributed by atoms with Crippen molar-refractivity contribution in [2.45, 2.75) is 44.4 Å². The molecule has 0 aliphatic carbocycles. The fraction of sp³-hybridized carbons (Fsp3) is 0.389. The molecule has 47 heavy (non-hydrogen) atoms. The lowest BCUT2D eigenvalue weighted by Gasteiger charge is -2.26. The van der Waals surface area contributed by atoms with Gasteiger partial charge in [0, 0.05) is 46.1 Å². The molecule has 0 aromatic heterocycles. The monoisotopic (exact) mass is 641 g/mol. The minimum absolute atomic E-state index is 0.0333. The Balaban J connectivity index is 1.31. The Labute approximate surface area is 275 Å². The molecule has 0 unspecified atom stereocenters. The smallest absolute Gasteiger partial charge is 0.255 e. The molecule has 2 heterocycles. The summed E-state index contributed by atoms with van der Waals surface area (Å²) >= 11 is 0. The Bertz CT molecular complexity index is 1530. The molecular formula is C36H43N5O6. The molecule has 0 spiro atoms. The Kier molecular flexibility index (Phi) is 12.0. The topological polar surface area (TPSA) is 129 Å². The zero-order valence-electron chi connectivity index (χ0n) is 26.8. The normalized spacial score (nSPS) is 20.1. The van der Waals surface area contributed by atoms with Crippen LogP contribution in [-0.4, -0.2) is 92.0 Å². The van der Waals surface area contributed by atoms with E-state index in [1.165, 1.54) is 4.90 Å². The van der Waals surface area contributed by atoms with Crippen LogP contribution in [0.15, 0.2) is 78.9 Å². The third-order valence-electron chi connectivity index (χ3n) is 8.36. The largest absolute Gasteiger partial charge is 0.491 e. The summed E-state index contributed by atoms with van der Waals surface area (Å²) in [5.41, 5.74) is 3.23. The molecular weight excluding hydrogens is 598 g/mol. The molecule has 3 aromatic carbocycles. The van der Waals surface area contributed by atoms with Crippen molar-refractivity contribution in [3.63, 3.8) is 0 Å². The van der Waals surface area contributed by atoms with Crippen LogP contribution in [0.2, 0.25) is 0 Å². The number of nitrogens with one attached hydrogen (secondary N) is 3. The Morgan fingerprint density at radius 3 is 2.38 bits per heavy atom. The summed E-state index contributed by atoms with van der Waals surface area (Å²) in [5, 5.41) is 8.65. The number of amides is 4. The molecule has 248 valence electrons. The van der Waals surface area contributed by atoms with Gasteiger partial charge in [-0.15, -0.1) is 0 Å². The number of carbonyl (C=O) groups is 4. The number of rotatable bonds is 7. The van der Waals surface area contributed by atoms with Gasteiger partial charge in [0.05, 0.1) is 25.3 Å². The predicted octanol–water partition coefficient (Wildman–Crippen LogP) is 2.29. The summed E-state index contributed by atoms with van der Waals surface area (Å²) in [4.78, 5) is 57.6. The highest BCUT2D eigenvalue weighted by molar-refractivity contribution is 5.99. The van der Waals surface area contributed by atoms with E-state index in [4.69, 9.17) is 9.47 Å². The van der Waals surface area contributed by atoms with Crippen LogP contribution in [0.1, 0.15) is 39.9 Å². The minimum Gasteiger partial charge on any atom is -0.491 e. The zero-order valence-corrected chi connectivity index (χ0v) is 26.8. The fourth-order valence-corrected chi connectivity index (χ4v) is 5.71. The summed E-state index contributed by atoms with van der Waals surface area (Å²) < 4.78 is 11.4. The predicted molar refractivity (Wildman–Crippen MR) is 177 cm³/mol. The number of carbonyl (C=O) groups excluding carboxylic acids is 4. The van der Waals surface area contributed by atoms with Gasteiger partial charge in [-0.2, -0.15) is 0 Å². The number of benzene rings is 3. The lowest BCUT2D eigenvalue weighted by atomic mass is 10.0. The van der Waals surface area contributed by atoms with Crippen molar-refractivity contribution in [1.82, 2.24) is 25.8 Å². The van der Waals surface area contributed by atoms with Gasteiger partial charge in [0.15, 0.2) is 0 Å². The van der Waals surface area contributed by atoms with Crippen LogP contribution in [0.5, 0.6) is 5.75 Å². The molecule has 11 heteroatoms. The third-order valence-corrected chi connectivity index (χ3v) is 8.36. The average molecular weight is 642 g/mol. The van der Waals surface area contributed by atoms with E-state index < -0.39 is 23.9 Å². The summed E-state index contributed by atoms with van der Waals surface area (Å²) in [7, 11) is 1.66. The third kappa shape index (κ3) is 9.87. The number of para-hydroxylation sites is 1. The molecule has 2 aliphatic heterocycles. The minimum atomic E-state index is -1.01. The summed E-state index contributed by atoms with van der Waals surface area (Å²) in [6.07, 6.45) is 0.268. The molecule has 2 atom stereocenters. The first kappa shape index (κ1) is 33.6. The Morgan fingerprint density at radius 1 is 0.851 bits per heavy atom. The van der Waals surface area contributed by atoms with Crippen LogP contribution in [0, 0.1) is 0 Å². The van der Waals surface area contributed by atoms with Crippen molar-refractivity contribution in [3.05, 3.63) is 101 Å². The maximum absolute atomic E-state index is 13.6. The fourth-order valence-electron chi connectivity index (χ4n) is 5.71. The highest BCUT2D eigenvalue weighted by Gasteiger charge is 2.28. The van der Waals surface area contributed by atoms with Crippen LogP contribution >= 0.6 is 0 Å². The SMILES string of the molecule is CN1CCOc2ccccc2C(=O)N[C@H](C(=O)NCc2cccc(CN3CCOCC3)c2)CCC(=O)N[C@@H](Cc2ccccc2)C1=O. The van der Waals surface area contributed by atoms with Gasteiger partial charge < -0.3 is 30.3 Å². The number of likely N-dealkylation sites (N-methyl/N-ethyl adjacent to an activating group) is 1. The molecule has 4 amide bonds. The van der Waals surface area contributed by atoms with Crippen LogP contribution < -0.4 is 20.7 Å². The number of morpholine rings is 1. The number of nitrogens with zero attached hydrogens (tertiary/aromatic N) is 2. The van der Waals surface area contributed by atoms with E-state index >= 15 is 0 Å². The van der Waals surface area contributed by atoms with Crippen molar-refractivity contribution in [1.29, 1.82) is 0 Å². The summed E-state index contributed by atoms with van der Waals surface area (Å²) in [6.45, 7) is 4.63. The van der Waals surface area contributed by atoms with Crippen molar-refractivity contribution < 1.29 is 28.7 Å². The highest BCUT2D eigenvalue weighted by atomic mass is 16.5. The molecule has 5 rings (SSSR count). The summed E-state index contributed by atoms with van der Waals surface area (Å²) in [5.74, 6) is -1.21. The van der Waals surface area contributed by atoms with Gasteiger partial charge in [0.1, 0.15) is 24.4 Å². The first-order chi connectivity index (χ1) is 22.9. The van der Waals surface area contributed by atoms with E-state index in [1.54, 1.807) is 31.3 Å². The van der Waals surface area contributed by atoms with Crippen molar-refractivity contribution >= 4 is 23.6 Å². The van der Waals surface area contributed by atoms with Gasteiger partial charge in [0.25, 0.3) is 5.91 Å². The number of fused-ring (bicyclic) bond motifs is 1. The number of hydrogen-bond acceptors (Lipinski definition) is 7. The number of hydrogen-bond donors (Lipinski definition) is 3. The second-order valence-electron chi connectivity index (χ2n) is 11.9. The van der Waals surface area contributed by atoms with Crippen LogP contribution in [0.4, 0.5) is 0 Å². The van der Waals surface area contributed by atoms with Gasteiger partial charge in [-0.1, -0.05) is 66.7 Å².